The highest BCUT2D eigenvalue weighted by atomic mass is 16.4. The topological polar surface area (TPSA) is 57.4 Å². The second-order valence-corrected chi connectivity index (χ2v) is 4.37. The van der Waals surface area contributed by atoms with Gasteiger partial charge in [0, 0.05) is 43.4 Å². The summed E-state index contributed by atoms with van der Waals surface area (Å²) in [6, 6.07) is 0. The van der Waals surface area contributed by atoms with Gasteiger partial charge in [-0.15, -0.1) is 0 Å². The first-order chi connectivity index (χ1) is 5.69. The molecule has 0 aromatic rings. The van der Waals surface area contributed by atoms with Crippen molar-refractivity contribution in [2.75, 3.05) is 0 Å². The van der Waals surface area contributed by atoms with Crippen LogP contribution in [-0.4, -0.2) is 26.9 Å². The molecule has 1 aliphatic rings. The predicted molar refractivity (Wildman–Crippen MR) is 47.5 cm³/mol. The molecule has 1 aliphatic heterocycles. The maximum absolute atomic E-state index is 11.7. The molecule has 1 rings (SSSR count). The van der Waals surface area contributed by atoms with Crippen molar-refractivity contribution in [1.82, 2.24) is 0 Å². The fourth-order valence-electron chi connectivity index (χ4n) is 1.74. The van der Waals surface area contributed by atoms with E-state index in [1.165, 1.54) is 6.08 Å². The van der Waals surface area contributed by atoms with E-state index in [1.54, 1.807) is 27.7 Å². The molecule has 0 saturated heterocycles. The van der Waals surface area contributed by atoms with Crippen molar-refractivity contribution in [2.24, 2.45) is 0 Å². The van der Waals surface area contributed by atoms with Gasteiger partial charge in [-0.1, -0.05) is 0 Å². The molecule has 0 unspecified atom stereocenters. The van der Waals surface area contributed by atoms with E-state index >= 15 is 0 Å². The van der Waals surface area contributed by atoms with Gasteiger partial charge in [-0.3, -0.25) is 0 Å². The molecule has 0 radical (unpaired) electrons. The zero-order valence-corrected chi connectivity index (χ0v) is 8.29. The van der Waals surface area contributed by atoms with Crippen molar-refractivity contribution in [3.05, 3.63) is 16.6 Å². The van der Waals surface area contributed by atoms with Crippen LogP contribution >= 0.6 is 0 Å². The Morgan fingerprint density at radius 2 is 1.85 bits per heavy atom. The van der Waals surface area contributed by atoms with Gasteiger partial charge in [0.2, 0.25) is 11.1 Å². The largest absolute Gasteiger partial charge is 0.478 e. The summed E-state index contributed by atoms with van der Waals surface area (Å²) in [6.07, 6.45) is 1.52. The highest BCUT2D eigenvalue weighted by Gasteiger charge is 2.57. The Balaban J connectivity index is 3.25. The number of nitrogens with zero attached hydrogens (tertiary/aromatic N) is 1. The summed E-state index contributed by atoms with van der Waals surface area (Å²) < 4.78 is 0.823. The highest BCUT2D eigenvalue weighted by molar-refractivity contribution is 5.89. The molecule has 4 heteroatoms. The number of carboxylic acid groups (broad SMARTS) is 1. The van der Waals surface area contributed by atoms with Crippen molar-refractivity contribution in [3.8, 4) is 0 Å². The van der Waals surface area contributed by atoms with Crippen LogP contribution in [0, 0.1) is 4.91 Å². The summed E-state index contributed by atoms with van der Waals surface area (Å²) in [5.74, 6) is -1.02. The minimum Gasteiger partial charge on any atom is -0.478 e. The molecule has 0 fully saturated rings. The molecule has 0 bridgehead atoms. The van der Waals surface area contributed by atoms with Gasteiger partial charge in [0.25, 0.3) is 0 Å². The monoisotopic (exact) mass is 184 g/mol. The van der Waals surface area contributed by atoms with Crippen molar-refractivity contribution < 1.29 is 14.7 Å². The number of nitroso groups, excluding NO2 is 1. The lowest BCUT2D eigenvalue weighted by Crippen LogP contribution is -2.41. The molecule has 0 spiro atoms. The van der Waals surface area contributed by atoms with Crippen molar-refractivity contribution in [3.63, 3.8) is 0 Å². The lowest BCUT2D eigenvalue weighted by molar-refractivity contribution is -0.651. The third kappa shape index (κ3) is 1.26. The van der Waals surface area contributed by atoms with Gasteiger partial charge in [-0.05, 0) is 0 Å². The van der Waals surface area contributed by atoms with Crippen LogP contribution in [0.5, 0.6) is 0 Å². The third-order valence-corrected chi connectivity index (χ3v) is 2.42. The van der Waals surface area contributed by atoms with Crippen LogP contribution < -0.4 is 0 Å². The summed E-state index contributed by atoms with van der Waals surface area (Å²) >= 11 is 0. The van der Waals surface area contributed by atoms with Gasteiger partial charge < -0.3 is 5.11 Å². The quantitative estimate of drug-likeness (QED) is 0.626. The van der Waals surface area contributed by atoms with Gasteiger partial charge in [0.1, 0.15) is 5.57 Å². The SMILES string of the molecule is CC1(C)C=C(C(=O)O)C(C)(C)[N+]1=O. The van der Waals surface area contributed by atoms with Crippen molar-refractivity contribution >= 4 is 5.97 Å². The Labute approximate surface area is 76.8 Å². The normalized spacial score (nSPS) is 24.3. The first kappa shape index (κ1) is 9.89. The molecule has 72 valence electrons. The number of carboxylic acids is 1. The zero-order valence-electron chi connectivity index (χ0n) is 8.29. The summed E-state index contributed by atoms with van der Waals surface area (Å²) in [6.45, 7) is 6.65. The maximum atomic E-state index is 11.7. The van der Waals surface area contributed by atoms with E-state index in [-0.39, 0.29) is 5.57 Å². The summed E-state index contributed by atoms with van der Waals surface area (Å²) in [4.78, 5) is 22.5. The van der Waals surface area contributed by atoms with Gasteiger partial charge in [0.15, 0.2) is 0 Å². The van der Waals surface area contributed by atoms with Crippen molar-refractivity contribution in [1.29, 1.82) is 0 Å². The van der Waals surface area contributed by atoms with E-state index in [4.69, 9.17) is 5.11 Å². The van der Waals surface area contributed by atoms with Crippen LogP contribution in [0.4, 0.5) is 0 Å². The second-order valence-electron chi connectivity index (χ2n) is 4.37. The Morgan fingerprint density at radius 1 is 1.38 bits per heavy atom. The number of rotatable bonds is 1. The number of hydrogen-bond donors (Lipinski definition) is 1. The number of hydrogen-bond acceptors (Lipinski definition) is 2. The Bertz CT molecular complexity index is 313. The fourth-order valence-corrected chi connectivity index (χ4v) is 1.74. The summed E-state index contributed by atoms with van der Waals surface area (Å²) in [5, 5.41) is 8.87. The fraction of sp³-hybridized carbons (Fsp3) is 0.667. The number of aliphatic carboxylic acids is 1. The highest BCUT2D eigenvalue weighted by Crippen LogP contribution is 2.35. The Hall–Kier alpha value is -1.19. The number of carbonyl (C=O) groups is 1. The predicted octanol–water partition coefficient (Wildman–Crippen LogP) is 1.35. The smallest absolute Gasteiger partial charge is 0.338 e. The molecule has 1 heterocycles. The van der Waals surface area contributed by atoms with E-state index in [1.807, 2.05) is 0 Å². The van der Waals surface area contributed by atoms with E-state index in [9.17, 15) is 9.70 Å². The van der Waals surface area contributed by atoms with E-state index in [0.717, 1.165) is 4.76 Å². The van der Waals surface area contributed by atoms with Crippen LogP contribution in [0.15, 0.2) is 11.6 Å². The maximum Gasteiger partial charge on any atom is 0.338 e. The molecule has 0 atom stereocenters. The summed E-state index contributed by atoms with van der Waals surface area (Å²) in [5.41, 5.74) is -1.49. The second kappa shape index (κ2) is 2.40. The average molecular weight is 184 g/mol. The molecular formula is C9H14NO3+. The molecule has 0 aliphatic carbocycles. The van der Waals surface area contributed by atoms with Crippen LogP contribution in [0.3, 0.4) is 0 Å². The Morgan fingerprint density at radius 3 is 2.00 bits per heavy atom. The van der Waals surface area contributed by atoms with Crippen LogP contribution in [0.25, 0.3) is 0 Å². The molecule has 1 N–H and O–H groups in total. The standard InChI is InChI=1S/C9H13NO3/c1-8(2)5-6(7(11)12)9(3,4)10(8)13/h5H,1-4H3/p+1. The third-order valence-electron chi connectivity index (χ3n) is 2.42. The molecule has 13 heavy (non-hydrogen) atoms. The van der Waals surface area contributed by atoms with Crippen LogP contribution in [-0.2, 0) is 4.79 Å². The molecule has 0 aromatic carbocycles. The first-order valence-corrected chi connectivity index (χ1v) is 4.13. The molecule has 0 amide bonds. The van der Waals surface area contributed by atoms with E-state index in [0.29, 0.717) is 0 Å². The minimum absolute atomic E-state index is 0.174. The molecule has 0 saturated carbocycles. The zero-order chi connectivity index (χ0) is 10.4. The van der Waals surface area contributed by atoms with Gasteiger partial charge in [0.05, 0.1) is 0 Å². The van der Waals surface area contributed by atoms with Gasteiger partial charge in [-0.2, -0.15) is 0 Å². The minimum atomic E-state index is -1.02. The Kier molecular flexibility index (Phi) is 1.83. The molecule has 4 nitrogen and oxygen atoms in total. The lowest BCUT2D eigenvalue weighted by atomic mass is 9.97. The van der Waals surface area contributed by atoms with Crippen molar-refractivity contribution in [2.45, 2.75) is 38.8 Å². The van der Waals surface area contributed by atoms with E-state index in [2.05, 4.69) is 0 Å². The lowest BCUT2D eigenvalue weighted by Gasteiger charge is -2.14. The molecule has 0 aromatic heterocycles. The van der Waals surface area contributed by atoms with Gasteiger partial charge in [-0.25, -0.2) is 4.79 Å². The average Bonchev–Trinajstić information content (AvgIpc) is 2.11. The summed E-state index contributed by atoms with van der Waals surface area (Å²) in [7, 11) is 0. The van der Waals surface area contributed by atoms with Crippen LogP contribution in [0.2, 0.25) is 0 Å². The molecular weight excluding hydrogens is 170 g/mol. The van der Waals surface area contributed by atoms with Gasteiger partial charge >= 0.3 is 5.97 Å². The first-order valence-electron chi connectivity index (χ1n) is 4.13. The van der Waals surface area contributed by atoms with E-state index < -0.39 is 17.0 Å². The van der Waals surface area contributed by atoms with Crippen LogP contribution in [0.1, 0.15) is 27.7 Å².